The molecule has 4 aromatic carbocycles. The molecule has 5 rings (SSSR count). The fourth-order valence-electron chi connectivity index (χ4n) is 5.05. The molecule has 0 aliphatic carbocycles. The molecule has 1 amide bonds. The predicted octanol–water partition coefficient (Wildman–Crippen LogP) is 1.92. The maximum Gasteiger partial charge on any atom is 0.264 e. The van der Waals surface area contributed by atoms with Crippen molar-refractivity contribution in [3.8, 4) is 0 Å². The second-order valence-electron chi connectivity index (χ2n) is 8.39. The number of likely N-dealkylation sites (tertiary alicyclic amines) is 1. The molecule has 2 nitrogen and oxygen atoms in total. The maximum absolute atomic E-state index is 14.4. The van der Waals surface area contributed by atoms with E-state index in [2.05, 4.69) is 72.8 Å². The lowest BCUT2D eigenvalue weighted by molar-refractivity contribution is -0.127. The van der Waals surface area contributed by atoms with Crippen LogP contribution in [0.4, 0.5) is 4.39 Å². The summed E-state index contributed by atoms with van der Waals surface area (Å²) in [5, 5.41) is 3.61. The first-order valence-electron chi connectivity index (χ1n) is 11.3. The Kier molecular flexibility index (Phi) is 7.60. The van der Waals surface area contributed by atoms with Gasteiger partial charge in [0.25, 0.3) is 5.91 Å². The Morgan fingerprint density at radius 1 is 0.706 bits per heavy atom. The summed E-state index contributed by atoms with van der Waals surface area (Å²) in [6.45, 7) is 0.937. The summed E-state index contributed by atoms with van der Waals surface area (Å²) in [4.78, 5) is 15.9. The first kappa shape index (κ1) is 24.3. The van der Waals surface area contributed by atoms with Crippen molar-refractivity contribution in [2.45, 2.75) is 18.6 Å². The third kappa shape index (κ3) is 4.33. The van der Waals surface area contributed by atoms with Gasteiger partial charge in [-0.05, 0) is 42.5 Å². The highest BCUT2D eigenvalue weighted by atomic mass is 79.9. The minimum atomic E-state index is -2.30. The molecule has 1 heterocycles. The molecule has 0 N–H and O–H groups in total. The average molecular weight is 534 g/mol. The van der Waals surface area contributed by atoms with E-state index in [1.54, 1.807) is 12.1 Å². The van der Waals surface area contributed by atoms with E-state index in [0.717, 1.165) is 6.42 Å². The van der Waals surface area contributed by atoms with E-state index >= 15 is 0 Å². The van der Waals surface area contributed by atoms with Crippen molar-refractivity contribution >= 4 is 29.1 Å². The molecule has 4 aromatic rings. The van der Waals surface area contributed by atoms with E-state index in [1.807, 2.05) is 29.2 Å². The number of halogens is 2. The second-order valence-corrected chi connectivity index (χ2v) is 12.0. The van der Waals surface area contributed by atoms with Crippen molar-refractivity contribution in [2.24, 2.45) is 0 Å². The van der Waals surface area contributed by atoms with Crippen molar-refractivity contribution in [1.29, 1.82) is 0 Å². The Morgan fingerprint density at radius 3 is 1.62 bits per heavy atom. The molecule has 1 atom stereocenters. The summed E-state index contributed by atoms with van der Waals surface area (Å²) >= 11 is 0. The van der Waals surface area contributed by atoms with Crippen LogP contribution in [0.5, 0.6) is 0 Å². The lowest BCUT2D eigenvalue weighted by atomic mass is 10.2. The van der Waals surface area contributed by atoms with Gasteiger partial charge in [-0.3, -0.25) is 4.79 Å². The van der Waals surface area contributed by atoms with Gasteiger partial charge in [-0.25, -0.2) is 4.39 Å². The van der Waals surface area contributed by atoms with Crippen molar-refractivity contribution in [3.63, 3.8) is 0 Å². The zero-order chi connectivity index (χ0) is 22.7. The minimum Gasteiger partial charge on any atom is -1.00 e. The predicted molar refractivity (Wildman–Crippen MR) is 135 cm³/mol. The van der Waals surface area contributed by atoms with Crippen LogP contribution in [0.15, 0.2) is 115 Å². The van der Waals surface area contributed by atoms with E-state index in [0.29, 0.717) is 18.7 Å². The second kappa shape index (κ2) is 10.6. The monoisotopic (exact) mass is 533 g/mol. The number of hydrogen-bond donors (Lipinski definition) is 0. The third-order valence-corrected chi connectivity index (χ3v) is 11.3. The zero-order valence-corrected chi connectivity index (χ0v) is 21.2. The summed E-state index contributed by atoms with van der Waals surface area (Å²) < 4.78 is 14.4. The zero-order valence-electron chi connectivity index (χ0n) is 18.7. The molecule has 0 spiro atoms. The molecule has 172 valence electrons. The normalized spacial score (nSPS) is 15.7. The van der Waals surface area contributed by atoms with Crippen molar-refractivity contribution < 1.29 is 26.2 Å². The van der Waals surface area contributed by atoms with E-state index in [-0.39, 0.29) is 34.4 Å². The van der Waals surface area contributed by atoms with Gasteiger partial charge in [0.05, 0.1) is 0 Å². The molecule has 0 unspecified atom stereocenters. The van der Waals surface area contributed by atoms with Crippen molar-refractivity contribution in [3.05, 3.63) is 127 Å². The number of nitrogens with zero attached hydrogens (tertiary/aromatic N) is 1. The molecule has 1 aliphatic rings. The highest BCUT2D eigenvalue weighted by Gasteiger charge is 2.58. The average Bonchev–Trinajstić information content (AvgIpc) is 3.23. The number of carbonyl (C=O) groups is 1. The largest absolute Gasteiger partial charge is 1.00 e. The highest BCUT2D eigenvalue weighted by Crippen LogP contribution is 2.62. The number of amides is 1. The summed E-state index contributed by atoms with van der Waals surface area (Å²) in [6, 6.07) is 38.2. The van der Waals surface area contributed by atoms with E-state index in [1.165, 1.54) is 22.0 Å². The van der Waals surface area contributed by atoms with Gasteiger partial charge in [0, 0.05) is 25.1 Å². The molecule has 0 saturated carbocycles. The van der Waals surface area contributed by atoms with Crippen LogP contribution in [0.1, 0.15) is 12.0 Å². The maximum atomic E-state index is 14.4. The van der Waals surface area contributed by atoms with Crippen LogP contribution in [0.25, 0.3) is 0 Å². The molecule has 0 aromatic heterocycles. The lowest BCUT2D eigenvalue weighted by Gasteiger charge is -2.32. The first-order valence-corrected chi connectivity index (χ1v) is 13.1. The third-order valence-electron chi connectivity index (χ3n) is 6.55. The summed E-state index contributed by atoms with van der Waals surface area (Å²) in [5.74, 6) is -0.146. The van der Waals surface area contributed by atoms with Gasteiger partial charge < -0.3 is 21.9 Å². The Bertz CT molecular complexity index is 1140. The molecule has 1 saturated heterocycles. The smallest absolute Gasteiger partial charge is 0.264 e. The molecule has 0 bridgehead atoms. The molecular formula is C29H26BrFNOP. The van der Waals surface area contributed by atoms with Crippen molar-refractivity contribution in [2.75, 3.05) is 6.54 Å². The van der Waals surface area contributed by atoms with Gasteiger partial charge in [0.15, 0.2) is 5.66 Å². The standard InChI is InChI=1S/C29H26FNOP.BrH/c30-27-19-11-10-12-23(27)22-31-21-20-28(29(31)32)33(24-13-4-1-5-14-24,25-15-6-2-7-16-25)26-17-8-3-9-18-26;/h1-19,28H,20-22H2;1H/q+1;/p-1/t28-;/m1./s1. The van der Waals surface area contributed by atoms with E-state index in [9.17, 15) is 9.18 Å². The topological polar surface area (TPSA) is 20.3 Å². The molecule has 5 heteroatoms. The van der Waals surface area contributed by atoms with Crippen LogP contribution >= 0.6 is 7.26 Å². The number of carbonyl (C=O) groups excluding carboxylic acids is 1. The number of benzene rings is 4. The van der Waals surface area contributed by atoms with Crippen LogP contribution in [0, 0.1) is 5.82 Å². The van der Waals surface area contributed by atoms with Crippen LogP contribution < -0.4 is 32.9 Å². The highest BCUT2D eigenvalue weighted by molar-refractivity contribution is 7.96. The van der Waals surface area contributed by atoms with Gasteiger partial charge in [-0.1, -0.05) is 72.8 Å². The van der Waals surface area contributed by atoms with Crippen LogP contribution in [-0.4, -0.2) is 23.0 Å². The van der Waals surface area contributed by atoms with E-state index in [4.69, 9.17) is 0 Å². The van der Waals surface area contributed by atoms with Gasteiger partial charge in [-0.15, -0.1) is 0 Å². The lowest BCUT2D eigenvalue weighted by Crippen LogP contribution is -3.00. The van der Waals surface area contributed by atoms with Crippen LogP contribution in [0.3, 0.4) is 0 Å². The SMILES string of the molecule is O=C1[C@H]([P+](c2ccccc2)(c2ccccc2)c2ccccc2)CCN1Cc1ccccc1F.[Br-]. The Hall–Kier alpha value is -2.81. The fourth-order valence-corrected chi connectivity index (χ4v) is 9.95. The molecular weight excluding hydrogens is 508 g/mol. The quantitative estimate of drug-likeness (QED) is 0.347. The Balaban J connectivity index is 0.00000274. The Morgan fingerprint density at radius 2 is 1.15 bits per heavy atom. The minimum absolute atomic E-state index is 0. The van der Waals surface area contributed by atoms with Gasteiger partial charge in [0.1, 0.15) is 29.0 Å². The molecule has 0 radical (unpaired) electrons. The fraction of sp³-hybridized carbons (Fsp3) is 0.138. The molecule has 1 aliphatic heterocycles. The summed E-state index contributed by atoms with van der Waals surface area (Å²) in [5.41, 5.74) is 0.381. The molecule has 1 fully saturated rings. The van der Waals surface area contributed by atoms with Gasteiger partial charge in [-0.2, -0.15) is 0 Å². The summed E-state index contributed by atoms with van der Waals surface area (Å²) in [7, 11) is -2.30. The van der Waals surface area contributed by atoms with E-state index < -0.39 is 7.26 Å². The summed E-state index contributed by atoms with van der Waals surface area (Å²) in [6.07, 6.45) is 0.750. The Labute approximate surface area is 211 Å². The number of hydrogen-bond acceptors (Lipinski definition) is 1. The van der Waals surface area contributed by atoms with Crippen LogP contribution in [-0.2, 0) is 11.3 Å². The van der Waals surface area contributed by atoms with Gasteiger partial charge in [0.2, 0.25) is 0 Å². The van der Waals surface area contributed by atoms with Gasteiger partial charge >= 0.3 is 0 Å². The van der Waals surface area contributed by atoms with Crippen molar-refractivity contribution in [1.82, 2.24) is 4.90 Å². The molecule has 34 heavy (non-hydrogen) atoms. The number of rotatable bonds is 6. The first-order chi connectivity index (χ1) is 16.2. The van der Waals surface area contributed by atoms with Crippen LogP contribution in [0.2, 0.25) is 0 Å².